The van der Waals surface area contributed by atoms with Crippen molar-refractivity contribution in [3.8, 4) is 5.75 Å². The molecule has 0 heterocycles. The van der Waals surface area contributed by atoms with Crippen LogP contribution in [0.2, 0.25) is 0 Å². The molecule has 15 heavy (non-hydrogen) atoms. The Labute approximate surface area is 88.0 Å². The van der Waals surface area contributed by atoms with Crippen molar-refractivity contribution < 1.29 is 13.5 Å². The third-order valence-electron chi connectivity index (χ3n) is 2.19. The van der Waals surface area contributed by atoms with Crippen LogP contribution in [0, 0.1) is 17.6 Å². The Balaban J connectivity index is 2.55. The van der Waals surface area contributed by atoms with Gasteiger partial charge in [0.05, 0.1) is 0 Å². The highest BCUT2D eigenvalue weighted by Gasteiger charge is 2.09. The molecule has 1 aromatic carbocycles. The lowest BCUT2D eigenvalue weighted by molar-refractivity contribution is 0.258. The van der Waals surface area contributed by atoms with E-state index in [1.165, 1.54) is 6.07 Å². The monoisotopic (exact) mass is 215 g/mol. The Bertz CT molecular complexity index is 328. The van der Waals surface area contributed by atoms with E-state index in [4.69, 9.17) is 10.5 Å². The van der Waals surface area contributed by atoms with Gasteiger partial charge in [0.1, 0.15) is 12.4 Å². The SMILES string of the molecule is CC(C)[C@H](N)COc1ccc(F)c(F)c1. The van der Waals surface area contributed by atoms with E-state index in [0.717, 1.165) is 12.1 Å². The molecule has 0 aliphatic rings. The van der Waals surface area contributed by atoms with Crippen LogP contribution in [0.5, 0.6) is 5.75 Å². The van der Waals surface area contributed by atoms with Crippen molar-refractivity contribution in [2.45, 2.75) is 19.9 Å². The molecular weight excluding hydrogens is 200 g/mol. The molecule has 0 radical (unpaired) electrons. The van der Waals surface area contributed by atoms with Crippen molar-refractivity contribution in [1.29, 1.82) is 0 Å². The van der Waals surface area contributed by atoms with Crippen LogP contribution >= 0.6 is 0 Å². The van der Waals surface area contributed by atoms with Gasteiger partial charge in [-0.2, -0.15) is 0 Å². The number of halogens is 2. The topological polar surface area (TPSA) is 35.2 Å². The van der Waals surface area contributed by atoms with E-state index >= 15 is 0 Å². The van der Waals surface area contributed by atoms with Crippen LogP contribution in [0.15, 0.2) is 18.2 Å². The molecule has 0 spiro atoms. The van der Waals surface area contributed by atoms with E-state index in [1.54, 1.807) is 0 Å². The van der Waals surface area contributed by atoms with Crippen LogP contribution in [-0.2, 0) is 0 Å². The summed E-state index contributed by atoms with van der Waals surface area (Å²) in [7, 11) is 0. The molecule has 0 aliphatic carbocycles. The fraction of sp³-hybridized carbons (Fsp3) is 0.455. The molecule has 2 nitrogen and oxygen atoms in total. The van der Waals surface area contributed by atoms with Gasteiger partial charge in [-0.05, 0) is 18.1 Å². The fourth-order valence-corrected chi connectivity index (χ4v) is 0.952. The molecule has 0 aromatic heterocycles. The van der Waals surface area contributed by atoms with Gasteiger partial charge in [-0.25, -0.2) is 8.78 Å². The van der Waals surface area contributed by atoms with E-state index in [2.05, 4.69) is 0 Å². The predicted octanol–water partition coefficient (Wildman–Crippen LogP) is 2.33. The highest BCUT2D eigenvalue weighted by molar-refractivity contribution is 5.23. The van der Waals surface area contributed by atoms with Gasteiger partial charge in [0.15, 0.2) is 11.6 Å². The van der Waals surface area contributed by atoms with Crippen molar-refractivity contribution in [1.82, 2.24) is 0 Å². The molecule has 0 saturated heterocycles. The van der Waals surface area contributed by atoms with Gasteiger partial charge in [-0.15, -0.1) is 0 Å². The minimum Gasteiger partial charge on any atom is -0.492 e. The number of benzene rings is 1. The lowest BCUT2D eigenvalue weighted by atomic mass is 10.1. The Kier molecular flexibility index (Phi) is 4.03. The van der Waals surface area contributed by atoms with Gasteiger partial charge >= 0.3 is 0 Å². The van der Waals surface area contributed by atoms with Crippen LogP contribution < -0.4 is 10.5 Å². The molecule has 4 heteroatoms. The van der Waals surface area contributed by atoms with Crippen LogP contribution in [-0.4, -0.2) is 12.6 Å². The lowest BCUT2D eigenvalue weighted by Gasteiger charge is -2.16. The van der Waals surface area contributed by atoms with E-state index < -0.39 is 11.6 Å². The Morgan fingerprint density at radius 1 is 1.27 bits per heavy atom. The lowest BCUT2D eigenvalue weighted by Crippen LogP contribution is -2.33. The van der Waals surface area contributed by atoms with Crippen LogP contribution in [0.4, 0.5) is 8.78 Å². The molecule has 84 valence electrons. The molecule has 0 aliphatic heterocycles. The fourth-order valence-electron chi connectivity index (χ4n) is 0.952. The largest absolute Gasteiger partial charge is 0.492 e. The molecule has 0 unspecified atom stereocenters. The van der Waals surface area contributed by atoms with E-state index in [-0.39, 0.29) is 12.0 Å². The Hall–Kier alpha value is -1.16. The average Bonchev–Trinajstić information content (AvgIpc) is 2.19. The second-order valence-electron chi connectivity index (χ2n) is 3.79. The molecule has 1 atom stereocenters. The van der Waals surface area contributed by atoms with Gasteiger partial charge < -0.3 is 10.5 Å². The summed E-state index contributed by atoms with van der Waals surface area (Å²) < 4.78 is 30.6. The number of ether oxygens (including phenoxy) is 1. The highest BCUT2D eigenvalue weighted by atomic mass is 19.2. The molecule has 1 aromatic rings. The standard InChI is InChI=1S/C11H15F2NO/c1-7(2)11(14)6-15-8-3-4-9(12)10(13)5-8/h3-5,7,11H,6,14H2,1-2H3/t11-/m1/s1. The summed E-state index contributed by atoms with van der Waals surface area (Å²) in [5.41, 5.74) is 5.74. The van der Waals surface area contributed by atoms with E-state index in [0.29, 0.717) is 12.4 Å². The summed E-state index contributed by atoms with van der Waals surface area (Å²) in [5, 5.41) is 0. The summed E-state index contributed by atoms with van der Waals surface area (Å²) in [6, 6.07) is 3.32. The first-order chi connectivity index (χ1) is 7.00. The zero-order valence-electron chi connectivity index (χ0n) is 8.84. The van der Waals surface area contributed by atoms with Crippen molar-refractivity contribution in [2.75, 3.05) is 6.61 Å². The first-order valence-electron chi connectivity index (χ1n) is 4.84. The summed E-state index contributed by atoms with van der Waals surface area (Å²) in [6.07, 6.45) is 0. The minimum atomic E-state index is -0.911. The predicted molar refractivity (Wildman–Crippen MR) is 54.7 cm³/mol. The minimum absolute atomic E-state index is 0.113. The molecule has 1 rings (SSSR count). The maximum Gasteiger partial charge on any atom is 0.162 e. The average molecular weight is 215 g/mol. The number of hydrogen-bond donors (Lipinski definition) is 1. The van der Waals surface area contributed by atoms with Crippen molar-refractivity contribution in [2.24, 2.45) is 11.7 Å². The van der Waals surface area contributed by atoms with Crippen molar-refractivity contribution in [3.63, 3.8) is 0 Å². The Morgan fingerprint density at radius 3 is 2.47 bits per heavy atom. The second-order valence-corrected chi connectivity index (χ2v) is 3.79. The van der Waals surface area contributed by atoms with E-state index in [9.17, 15) is 8.78 Å². The number of nitrogens with two attached hydrogens (primary N) is 1. The maximum absolute atomic E-state index is 12.8. The third-order valence-corrected chi connectivity index (χ3v) is 2.19. The summed E-state index contributed by atoms with van der Waals surface area (Å²) in [6.45, 7) is 4.24. The van der Waals surface area contributed by atoms with Gasteiger partial charge in [-0.3, -0.25) is 0 Å². The summed E-state index contributed by atoms with van der Waals surface area (Å²) in [4.78, 5) is 0. The number of rotatable bonds is 4. The molecule has 0 amide bonds. The zero-order valence-corrected chi connectivity index (χ0v) is 8.84. The maximum atomic E-state index is 12.8. The summed E-state index contributed by atoms with van der Waals surface area (Å²) in [5.74, 6) is -1.21. The number of hydrogen-bond acceptors (Lipinski definition) is 2. The smallest absolute Gasteiger partial charge is 0.162 e. The van der Waals surface area contributed by atoms with Gasteiger partial charge in [0.25, 0.3) is 0 Å². The molecule has 2 N–H and O–H groups in total. The van der Waals surface area contributed by atoms with Gasteiger partial charge in [0, 0.05) is 12.1 Å². The third kappa shape index (κ3) is 3.47. The van der Waals surface area contributed by atoms with Crippen LogP contribution in [0.3, 0.4) is 0 Å². The first kappa shape index (κ1) is 11.9. The zero-order chi connectivity index (χ0) is 11.4. The second kappa shape index (κ2) is 5.07. The van der Waals surface area contributed by atoms with Gasteiger partial charge in [-0.1, -0.05) is 13.8 Å². The molecule has 0 bridgehead atoms. The Morgan fingerprint density at radius 2 is 1.93 bits per heavy atom. The van der Waals surface area contributed by atoms with E-state index in [1.807, 2.05) is 13.8 Å². The normalized spacial score (nSPS) is 12.9. The first-order valence-corrected chi connectivity index (χ1v) is 4.84. The van der Waals surface area contributed by atoms with Gasteiger partial charge in [0.2, 0.25) is 0 Å². The van der Waals surface area contributed by atoms with Crippen molar-refractivity contribution in [3.05, 3.63) is 29.8 Å². The van der Waals surface area contributed by atoms with Crippen LogP contribution in [0.25, 0.3) is 0 Å². The molecule has 0 fully saturated rings. The van der Waals surface area contributed by atoms with Crippen molar-refractivity contribution >= 4 is 0 Å². The highest BCUT2D eigenvalue weighted by Crippen LogP contribution is 2.15. The molecule has 0 saturated carbocycles. The summed E-state index contributed by atoms with van der Waals surface area (Å²) >= 11 is 0. The quantitative estimate of drug-likeness (QED) is 0.836. The van der Waals surface area contributed by atoms with Crippen LogP contribution in [0.1, 0.15) is 13.8 Å². The molecular formula is C11H15F2NO.